The minimum Gasteiger partial charge on any atom is -0.219 e. The van der Waals surface area contributed by atoms with Gasteiger partial charge >= 0.3 is 0 Å². The van der Waals surface area contributed by atoms with Crippen LogP contribution in [-0.2, 0) is 0 Å². The predicted molar refractivity (Wildman–Crippen MR) is 83.9 cm³/mol. The third-order valence-corrected chi connectivity index (χ3v) is 2.89. The summed E-state index contributed by atoms with van der Waals surface area (Å²) in [7, 11) is 0. The summed E-state index contributed by atoms with van der Waals surface area (Å²) in [6.45, 7) is 14.9. The molecule has 1 aromatic rings. The summed E-state index contributed by atoms with van der Waals surface area (Å²) in [4.78, 5) is 8.85. The predicted octanol–water partition coefficient (Wildman–Crippen LogP) is 5.54. The van der Waals surface area contributed by atoms with Crippen molar-refractivity contribution < 1.29 is 0 Å². The van der Waals surface area contributed by atoms with Crippen molar-refractivity contribution in [3.8, 4) is 0 Å². The summed E-state index contributed by atoms with van der Waals surface area (Å²) in [5, 5.41) is 0. The minimum atomic E-state index is -0.131. The third kappa shape index (κ3) is 4.65. The SMILES string of the molecule is CC(C)c1cccc(C(C)C)c1N=C=NC(C)(C)C. The lowest BCUT2D eigenvalue weighted by atomic mass is 9.93. The van der Waals surface area contributed by atoms with E-state index in [1.54, 1.807) is 0 Å². The molecule has 19 heavy (non-hydrogen) atoms. The highest BCUT2D eigenvalue weighted by Gasteiger charge is 2.12. The van der Waals surface area contributed by atoms with Gasteiger partial charge in [0.1, 0.15) is 0 Å². The third-order valence-electron chi connectivity index (χ3n) is 2.89. The summed E-state index contributed by atoms with van der Waals surface area (Å²) < 4.78 is 0. The second-order valence-corrected chi connectivity index (χ2v) is 6.59. The quantitative estimate of drug-likeness (QED) is 0.636. The number of nitrogens with zero attached hydrogens (tertiary/aromatic N) is 2. The zero-order chi connectivity index (χ0) is 14.6. The summed E-state index contributed by atoms with van der Waals surface area (Å²) in [6, 6.07) is 9.29. The smallest absolute Gasteiger partial charge is 0.0954 e. The van der Waals surface area contributed by atoms with Crippen LogP contribution in [0.15, 0.2) is 28.2 Å². The van der Waals surface area contributed by atoms with Crippen LogP contribution in [0.2, 0.25) is 0 Å². The van der Waals surface area contributed by atoms with E-state index in [0.29, 0.717) is 11.8 Å². The van der Waals surface area contributed by atoms with Crippen molar-refractivity contribution in [2.45, 2.75) is 65.8 Å². The first kappa shape index (κ1) is 15.7. The summed E-state index contributed by atoms with van der Waals surface area (Å²) in [5.41, 5.74) is 3.44. The van der Waals surface area contributed by atoms with Gasteiger partial charge in [-0.15, -0.1) is 0 Å². The number of aliphatic imine (C=N–C) groups is 2. The number of para-hydroxylation sites is 1. The van der Waals surface area contributed by atoms with E-state index in [-0.39, 0.29) is 5.54 Å². The highest BCUT2D eigenvalue weighted by molar-refractivity contribution is 5.62. The van der Waals surface area contributed by atoms with Gasteiger partial charge in [-0.05, 0) is 43.7 Å². The van der Waals surface area contributed by atoms with Gasteiger partial charge in [-0.3, -0.25) is 0 Å². The molecule has 0 saturated carbocycles. The first-order valence-corrected chi connectivity index (χ1v) is 7.03. The number of hydrogen-bond acceptors (Lipinski definition) is 2. The Labute approximate surface area is 117 Å². The molecule has 0 spiro atoms. The van der Waals surface area contributed by atoms with Crippen LogP contribution in [0.1, 0.15) is 71.4 Å². The number of benzene rings is 1. The van der Waals surface area contributed by atoms with Crippen molar-refractivity contribution in [2.24, 2.45) is 9.98 Å². The largest absolute Gasteiger partial charge is 0.219 e. The molecule has 0 fully saturated rings. The molecule has 0 radical (unpaired) electrons. The van der Waals surface area contributed by atoms with Gasteiger partial charge in [-0.25, -0.2) is 4.99 Å². The zero-order valence-electron chi connectivity index (χ0n) is 13.3. The van der Waals surface area contributed by atoms with Crippen LogP contribution in [-0.4, -0.2) is 11.5 Å². The maximum atomic E-state index is 4.52. The maximum Gasteiger partial charge on any atom is 0.0954 e. The average molecular weight is 258 g/mol. The molecule has 2 heteroatoms. The van der Waals surface area contributed by atoms with Gasteiger partial charge < -0.3 is 0 Å². The first-order chi connectivity index (χ1) is 8.72. The fourth-order valence-electron chi connectivity index (χ4n) is 1.87. The van der Waals surface area contributed by atoms with Gasteiger partial charge in [0, 0.05) is 0 Å². The van der Waals surface area contributed by atoms with Crippen LogP contribution in [0.25, 0.3) is 0 Å². The van der Waals surface area contributed by atoms with Gasteiger partial charge in [0.15, 0.2) is 0 Å². The van der Waals surface area contributed by atoms with Crippen LogP contribution in [0.4, 0.5) is 5.69 Å². The highest BCUT2D eigenvalue weighted by atomic mass is 14.9. The van der Waals surface area contributed by atoms with Crippen LogP contribution < -0.4 is 0 Å². The van der Waals surface area contributed by atoms with Gasteiger partial charge in [0.05, 0.1) is 17.2 Å². The Morgan fingerprint density at radius 2 is 1.42 bits per heavy atom. The molecule has 1 aromatic carbocycles. The number of rotatable bonds is 3. The van der Waals surface area contributed by atoms with Crippen molar-refractivity contribution in [3.05, 3.63) is 29.3 Å². The summed E-state index contributed by atoms with van der Waals surface area (Å²) >= 11 is 0. The molecule has 0 atom stereocenters. The molecule has 1 rings (SSSR count). The van der Waals surface area contributed by atoms with Crippen molar-refractivity contribution in [1.29, 1.82) is 0 Å². The molecular weight excluding hydrogens is 232 g/mol. The van der Waals surface area contributed by atoms with E-state index in [4.69, 9.17) is 0 Å². The summed E-state index contributed by atoms with van der Waals surface area (Å²) in [5.74, 6) is 0.905. The fraction of sp³-hybridized carbons (Fsp3) is 0.588. The molecule has 0 heterocycles. The number of hydrogen-bond donors (Lipinski definition) is 0. The monoisotopic (exact) mass is 258 g/mol. The molecular formula is C17H26N2. The lowest BCUT2D eigenvalue weighted by molar-refractivity contribution is 0.587. The fourth-order valence-corrected chi connectivity index (χ4v) is 1.87. The van der Waals surface area contributed by atoms with Gasteiger partial charge in [0.2, 0.25) is 0 Å². The van der Waals surface area contributed by atoms with E-state index in [9.17, 15) is 0 Å². The molecule has 0 aromatic heterocycles. The molecule has 0 amide bonds. The highest BCUT2D eigenvalue weighted by Crippen LogP contribution is 2.34. The van der Waals surface area contributed by atoms with Crippen LogP contribution >= 0.6 is 0 Å². The van der Waals surface area contributed by atoms with E-state index >= 15 is 0 Å². The average Bonchev–Trinajstić information content (AvgIpc) is 2.26. The van der Waals surface area contributed by atoms with E-state index in [0.717, 1.165) is 5.69 Å². The van der Waals surface area contributed by atoms with Crippen LogP contribution in [0.5, 0.6) is 0 Å². The van der Waals surface area contributed by atoms with Crippen LogP contribution in [0.3, 0.4) is 0 Å². The van der Waals surface area contributed by atoms with Crippen molar-refractivity contribution >= 4 is 11.7 Å². The maximum absolute atomic E-state index is 4.52. The zero-order valence-corrected chi connectivity index (χ0v) is 13.3. The van der Waals surface area contributed by atoms with E-state index in [1.165, 1.54) is 11.1 Å². The molecule has 0 unspecified atom stereocenters. The second-order valence-electron chi connectivity index (χ2n) is 6.59. The molecule has 104 valence electrons. The molecule has 0 bridgehead atoms. The molecule has 0 aliphatic carbocycles. The molecule has 0 aliphatic heterocycles. The van der Waals surface area contributed by atoms with Gasteiger partial charge in [-0.2, -0.15) is 4.99 Å². The van der Waals surface area contributed by atoms with E-state index in [2.05, 4.69) is 61.9 Å². The normalized spacial score (nSPS) is 11.6. The Balaban J connectivity index is 3.34. The molecule has 0 saturated heterocycles. The molecule has 2 nitrogen and oxygen atoms in total. The lowest BCUT2D eigenvalue weighted by Gasteiger charge is -2.15. The molecule has 0 N–H and O–H groups in total. The lowest BCUT2D eigenvalue weighted by Crippen LogP contribution is -2.08. The minimum absolute atomic E-state index is 0.131. The standard InChI is InChI=1S/C17H26N2/c1-12(2)14-9-8-10-15(13(3)4)16(14)18-11-19-17(5,6)7/h8-10,12-13H,1-7H3. The Kier molecular flexibility index (Phi) is 5.08. The Morgan fingerprint density at radius 3 is 1.79 bits per heavy atom. The van der Waals surface area contributed by atoms with Crippen molar-refractivity contribution in [2.75, 3.05) is 0 Å². The Hall–Kier alpha value is -1.40. The van der Waals surface area contributed by atoms with Gasteiger partial charge in [0.25, 0.3) is 0 Å². The van der Waals surface area contributed by atoms with Gasteiger partial charge in [-0.1, -0.05) is 45.9 Å². The summed E-state index contributed by atoms with van der Waals surface area (Å²) in [6.07, 6.45) is 0. The Morgan fingerprint density at radius 1 is 0.947 bits per heavy atom. The topological polar surface area (TPSA) is 24.7 Å². The van der Waals surface area contributed by atoms with Crippen molar-refractivity contribution in [1.82, 2.24) is 0 Å². The Bertz CT molecular complexity index is 458. The van der Waals surface area contributed by atoms with Crippen LogP contribution in [0, 0.1) is 0 Å². The van der Waals surface area contributed by atoms with Crippen molar-refractivity contribution in [3.63, 3.8) is 0 Å². The van der Waals surface area contributed by atoms with E-state index in [1.807, 2.05) is 20.8 Å². The van der Waals surface area contributed by atoms with E-state index < -0.39 is 0 Å². The molecule has 0 aliphatic rings. The second kappa shape index (κ2) is 6.16. The first-order valence-electron chi connectivity index (χ1n) is 7.03.